The van der Waals surface area contributed by atoms with Gasteiger partial charge in [0.15, 0.2) is 11.6 Å². The van der Waals surface area contributed by atoms with Gasteiger partial charge in [-0.1, -0.05) is 146 Å². The SMILES string of the molecule is c1ccc2c(c1)ccc1cccc(-c3ccc(-c4nc(-c5cccc6c5oc5ccccc56)nc(-n5c6ccccc6c6ccccc65)n4)cc3)c12. The zero-order chi connectivity index (χ0) is 34.2. The Hall–Kier alpha value is -7.11. The fraction of sp³-hybridized carbons (Fsp3) is 0. The van der Waals surface area contributed by atoms with Crippen molar-refractivity contribution in [3.05, 3.63) is 170 Å². The van der Waals surface area contributed by atoms with Gasteiger partial charge in [-0.15, -0.1) is 0 Å². The van der Waals surface area contributed by atoms with Gasteiger partial charge in [-0.2, -0.15) is 9.97 Å². The number of hydrogen-bond acceptors (Lipinski definition) is 4. The van der Waals surface area contributed by atoms with Crippen LogP contribution in [0.1, 0.15) is 0 Å². The Kier molecular flexibility index (Phi) is 6.18. The summed E-state index contributed by atoms with van der Waals surface area (Å²) in [6, 6.07) is 59.3. The molecule has 8 aromatic carbocycles. The van der Waals surface area contributed by atoms with Crippen LogP contribution in [-0.4, -0.2) is 19.5 Å². The van der Waals surface area contributed by atoms with Crippen LogP contribution >= 0.6 is 0 Å². The van der Waals surface area contributed by atoms with E-state index < -0.39 is 0 Å². The van der Waals surface area contributed by atoms with Crippen molar-refractivity contribution < 1.29 is 4.42 Å². The summed E-state index contributed by atoms with van der Waals surface area (Å²) >= 11 is 0. The predicted molar refractivity (Wildman–Crippen MR) is 213 cm³/mol. The van der Waals surface area contributed by atoms with Crippen LogP contribution in [0.2, 0.25) is 0 Å². The quantitative estimate of drug-likeness (QED) is 0.176. The van der Waals surface area contributed by atoms with E-state index in [0.29, 0.717) is 17.6 Å². The van der Waals surface area contributed by atoms with Gasteiger partial charge in [0.1, 0.15) is 11.2 Å². The Morgan fingerprint density at radius 1 is 0.385 bits per heavy atom. The van der Waals surface area contributed by atoms with Crippen LogP contribution < -0.4 is 0 Å². The molecule has 0 unspecified atom stereocenters. The van der Waals surface area contributed by atoms with Gasteiger partial charge in [0.25, 0.3) is 0 Å². The molecule has 0 spiro atoms. The molecular weight excluding hydrogens is 637 g/mol. The van der Waals surface area contributed by atoms with Crippen molar-refractivity contribution in [2.75, 3.05) is 0 Å². The molecule has 0 saturated carbocycles. The molecule has 0 aliphatic carbocycles. The summed E-state index contributed by atoms with van der Waals surface area (Å²) in [6.07, 6.45) is 0. The third-order valence-electron chi connectivity index (χ3n) is 10.3. The Morgan fingerprint density at radius 3 is 1.77 bits per heavy atom. The highest BCUT2D eigenvalue weighted by Gasteiger charge is 2.20. The van der Waals surface area contributed by atoms with Crippen LogP contribution in [0.25, 0.3) is 105 Å². The molecule has 5 nitrogen and oxygen atoms in total. The first-order valence-corrected chi connectivity index (χ1v) is 17.5. The molecule has 0 N–H and O–H groups in total. The van der Waals surface area contributed by atoms with Crippen LogP contribution in [0.5, 0.6) is 0 Å². The van der Waals surface area contributed by atoms with E-state index in [1.807, 2.05) is 30.3 Å². The molecule has 5 heteroatoms. The number of nitrogens with zero attached hydrogens (tertiary/aromatic N) is 4. The molecule has 0 aliphatic rings. The number of benzene rings is 8. The lowest BCUT2D eigenvalue weighted by Gasteiger charge is -2.12. The van der Waals surface area contributed by atoms with E-state index in [1.54, 1.807) is 0 Å². The Balaban J connectivity index is 1.14. The fourth-order valence-corrected chi connectivity index (χ4v) is 7.87. The number of aromatic nitrogens is 4. The van der Waals surface area contributed by atoms with E-state index in [2.05, 4.69) is 144 Å². The van der Waals surface area contributed by atoms with Gasteiger partial charge in [-0.05, 0) is 56.9 Å². The molecule has 0 saturated heterocycles. The minimum absolute atomic E-state index is 0.551. The summed E-state index contributed by atoms with van der Waals surface area (Å²) < 4.78 is 8.62. The van der Waals surface area contributed by atoms with Crippen molar-refractivity contribution in [1.29, 1.82) is 0 Å². The van der Waals surface area contributed by atoms with E-state index in [0.717, 1.165) is 60.4 Å². The number of rotatable bonds is 4. The van der Waals surface area contributed by atoms with Crippen LogP contribution in [0.4, 0.5) is 0 Å². The van der Waals surface area contributed by atoms with Crippen molar-refractivity contribution in [3.63, 3.8) is 0 Å². The topological polar surface area (TPSA) is 56.7 Å². The smallest absolute Gasteiger partial charge is 0.238 e. The highest BCUT2D eigenvalue weighted by Crippen LogP contribution is 2.38. The maximum atomic E-state index is 6.48. The van der Waals surface area contributed by atoms with Crippen molar-refractivity contribution in [2.24, 2.45) is 0 Å². The highest BCUT2D eigenvalue weighted by molar-refractivity contribution is 6.14. The molecule has 0 amide bonds. The van der Waals surface area contributed by atoms with Crippen molar-refractivity contribution in [3.8, 4) is 39.9 Å². The first-order valence-electron chi connectivity index (χ1n) is 17.5. The number of fused-ring (bicyclic) bond motifs is 9. The highest BCUT2D eigenvalue weighted by atomic mass is 16.3. The van der Waals surface area contributed by atoms with Crippen LogP contribution in [0.15, 0.2) is 174 Å². The molecule has 0 bridgehead atoms. The van der Waals surface area contributed by atoms with Gasteiger partial charge in [-0.3, -0.25) is 4.57 Å². The minimum Gasteiger partial charge on any atom is -0.455 e. The zero-order valence-electron chi connectivity index (χ0n) is 27.9. The molecule has 0 radical (unpaired) electrons. The molecular formula is C47H28N4O. The van der Waals surface area contributed by atoms with Gasteiger partial charge >= 0.3 is 0 Å². The average Bonchev–Trinajstić information content (AvgIpc) is 3.77. The van der Waals surface area contributed by atoms with E-state index in [9.17, 15) is 0 Å². The lowest BCUT2D eigenvalue weighted by atomic mass is 9.93. The molecule has 0 fully saturated rings. The maximum Gasteiger partial charge on any atom is 0.238 e. The molecule has 0 aliphatic heterocycles. The Morgan fingerprint density at radius 2 is 0.962 bits per heavy atom. The third kappa shape index (κ3) is 4.33. The van der Waals surface area contributed by atoms with Gasteiger partial charge in [-0.25, -0.2) is 4.98 Å². The minimum atomic E-state index is 0.551. The summed E-state index contributed by atoms with van der Waals surface area (Å²) in [7, 11) is 0. The van der Waals surface area contributed by atoms with E-state index >= 15 is 0 Å². The first kappa shape index (κ1) is 28.7. The van der Waals surface area contributed by atoms with Gasteiger partial charge < -0.3 is 4.42 Å². The van der Waals surface area contributed by atoms with Crippen molar-refractivity contribution in [2.45, 2.75) is 0 Å². The number of para-hydroxylation sites is 4. The second-order valence-corrected chi connectivity index (χ2v) is 13.2. The average molecular weight is 665 g/mol. The standard InChI is InChI=1S/C47H28N4O/c1-2-13-33-29(11-1)23-26-31-12-9-17-34(43(31)33)30-24-27-32(28-25-30)45-48-46(39-19-10-18-38-37-16-5-8-22-42(37)52-44(38)39)50-47(49-45)51-40-20-6-3-14-35(40)36-15-4-7-21-41(36)51/h1-28H. The van der Waals surface area contributed by atoms with Crippen LogP contribution in [0.3, 0.4) is 0 Å². The summed E-state index contributed by atoms with van der Waals surface area (Å²) in [5, 5.41) is 9.34. The largest absolute Gasteiger partial charge is 0.455 e. The molecule has 0 atom stereocenters. The number of furan rings is 1. The van der Waals surface area contributed by atoms with Gasteiger partial charge in [0, 0.05) is 27.1 Å². The Bertz CT molecular complexity index is 3140. The number of hydrogen-bond donors (Lipinski definition) is 0. The normalized spacial score (nSPS) is 11.8. The summed E-state index contributed by atoms with van der Waals surface area (Å²) in [6.45, 7) is 0. The van der Waals surface area contributed by atoms with Crippen molar-refractivity contribution in [1.82, 2.24) is 19.5 Å². The van der Waals surface area contributed by atoms with Crippen LogP contribution in [-0.2, 0) is 0 Å². The monoisotopic (exact) mass is 664 g/mol. The summed E-state index contributed by atoms with van der Waals surface area (Å²) in [5.74, 6) is 1.69. The maximum absolute atomic E-state index is 6.48. The molecule has 3 heterocycles. The van der Waals surface area contributed by atoms with Gasteiger partial charge in [0.05, 0.1) is 16.6 Å². The molecule has 52 heavy (non-hydrogen) atoms. The Labute approximate surface area is 298 Å². The zero-order valence-corrected chi connectivity index (χ0v) is 27.9. The molecule has 3 aromatic heterocycles. The lowest BCUT2D eigenvalue weighted by molar-refractivity contribution is 0.669. The third-order valence-corrected chi connectivity index (χ3v) is 10.3. The van der Waals surface area contributed by atoms with E-state index in [1.165, 1.54) is 27.1 Å². The predicted octanol–water partition coefficient (Wildman–Crippen LogP) is 12.2. The molecule has 242 valence electrons. The van der Waals surface area contributed by atoms with Crippen molar-refractivity contribution >= 4 is 65.3 Å². The van der Waals surface area contributed by atoms with E-state index in [4.69, 9.17) is 19.4 Å². The summed E-state index contributed by atoms with van der Waals surface area (Å²) in [5.41, 5.74) is 7.70. The first-order chi connectivity index (χ1) is 25.8. The lowest BCUT2D eigenvalue weighted by Crippen LogP contribution is -2.06. The summed E-state index contributed by atoms with van der Waals surface area (Å²) in [4.78, 5) is 15.6. The second kappa shape index (κ2) is 11.2. The van der Waals surface area contributed by atoms with Gasteiger partial charge in [0.2, 0.25) is 5.95 Å². The fourth-order valence-electron chi connectivity index (χ4n) is 7.87. The van der Waals surface area contributed by atoms with Crippen LogP contribution in [0, 0.1) is 0 Å². The molecule has 11 rings (SSSR count). The van der Waals surface area contributed by atoms with E-state index in [-0.39, 0.29) is 0 Å². The molecule has 11 aromatic rings. The second-order valence-electron chi connectivity index (χ2n) is 13.2.